The maximum Gasteiger partial charge on any atom is 0.294 e. The van der Waals surface area contributed by atoms with Crippen LogP contribution in [0.4, 0.5) is 0 Å². The summed E-state index contributed by atoms with van der Waals surface area (Å²) in [5.41, 5.74) is 0.551. The van der Waals surface area contributed by atoms with Crippen LogP contribution >= 0.6 is 0 Å². The normalized spacial score (nSPS) is 23.3. The summed E-state index contributed by atoms with van der Waals surface area (Å²) in [5, 5.41) is 3.42. The summed E-state index contributed by atoms with van der Waals surface area (Å²) < 4.78 is 29.9. The average Bonchev–Trinajstić information content (AvgIpc) is 2.62. The Morgan fingerprint density at radius 2 is 1.67 bits per heavy atom. The lowest BCUT2D eigenvalue weighted by Crippen LogP contribution is -2.23. The van der Waals surface area contributed by atoms with Gasteiger partial charge in [-0.1, -0.05) is 18.2 Å². The van der Waals surface area contributed by atoms with Crippen LogP contribution in [-0.2, 0) is 10.1 Å². The van der Waals surface area contributed by atoms with Crippen molar-refractivity contribution in [1.29, 1.82) is 0 Å². The molecule has 4 nitrogen and oxygen atoms in total. The Labute approximate surface area is 109 Å². The molecule has 0 aliphatic carbocycles. The fraction of sp³-hybridized carbons (Fsp3) is 0.538. The Hall–Kier alpha value is -0.910. The first kappa shape index (κ1) is 15.1. The molecule has 1 saturated heterocycles. The summed E-state index contributed by atoms with van der Waals surface area (Å²) >= 11 is 0. The van der Waals surface area contributed by atoms with Crippen LogP contribution in [0.15, 0.2) is 29.2 Å². The van der Waals surface area contributed by atoms with Gasteiger partial charge < -0.3 is 5.32 Å². The second-order valence-electron chi connectivity index (χ2n) is 4.79. The van der Waals surface area contributed by atoms with Gasteiger partial charge in [-0.3, -0.25) is 4.55 Å². The molecule has 1 fully saturated rings. The molecule has 1 aromatic carbocycles. The lowest BCUT2D eigenvalue weighted by Gasteiger charge is -2.01. The first-order chi connectivity index (χ1) is 8.30. The van der Waals surface area contributed by atoms with Gasteiger partial charge in [0.15, 0.2) is 0 Å². The summed E-state index contributed by atoms with van der Waals surface area (Å²) in [4.78, 5) is -0.0278. The Bertz CT molecular complexity index is 477. The zero-order chi connectivity index (χ0) is 13.8. The summed E-state index contributed by atoms with van der Waals surface area (Å²) in [6, 6.07) is 7.82. The fourth-order valence-electron chi connectivity index (χ4n) is 2.00. The van der Waals surface area contributed by atoms with Gasteiger partial charge in [-0.2, -0.15) is 8.42 Å². The largest absolute Gasteiger partial charge is 0.312 e. The molecule has 2 rings (SSSR count). The molecule has 0 saturated carbocycles. The molecule has 0 spiro atoms. The fourth-order valence-corrected chi connectivity index (χ4v) is 2.72. The quantitative estimate of drug-likeness (QED) is 0.770. The standard InChI is InChI=1S/C7H8O3S.C6H13N/c1-6-4-2-3-5-7(6)11(8,9)10;1-5-3-4-6(2)7-5/h2-5H,1H3,(H,8,9,10);5-7H,3-4H2,1-2H3/t;5-,6+. The van der Waals surface area contributed by atoms with E-state index in [1.807, 2.05) is 0 Å². The Morgan fingerprint density at radius 3 is 1.94 bits per heavy atom. The van der Waals surface area contributed by atoms with E-state index >= 15 is 0 Å². The SMILES string of the molecule is C[C@@H]1CC[C@H](C)N1.Cc1ccccc1S(=O)(=O)O. The van der Waals surface area contributed by atoms with Gasteiger partial charge in [0.05, 0.1) is 4.90 Å². The minimum Gasteiger partial charge on any atom is -0.312 e. The van der Waals surface area contributed by atoms with Crippen LogP contribution in [0.25, 0.3) is 0 Å². The van der Waals surface area contributed by atoms with Crippen molar-refractivity contribution < 1.29 is 13.0 Å². The molecule has 0 bridgehead atoms. The molecule has 0 unspecified atom stereocenters. The molecule has 5 heteroatoms. The maximum atomic E-state index is 10.6. The summed E-state index contributed by atoms with van der Waals surface area (Å²) in [5.74, 6) is 0. The van der Waals surface area contributed by atoms with E-state index < -0.39 is 10.1 Å². The molecular weight excluding hydrogens is 250 g/mol. The topological polar surface area (TPSA) is 66.4 Å². The van der Waals surface area contributed by atoms with Crippen molar-refractivity contribution in [3.63, 3.8) is 0 Å². The van der Waals surface area contributed by atoms with Crippen LogP contribution in [0.1, 0.15) is 32.3 Å². The zero-order valence-corrected chi connectivity index (χ0v) is 11.9. The van der Waals surface area contributed by atoms with Crippen molar-refractivity contribution in [2.45, 2.75) is 50.6 Å². The number of aryl methyl sites for hydroxylation is 1. The minimum absolute atomic E-state index is 0.0278. The van der Waals surface area contributed by atoms with E-state index in [1.54, 1.807) is 25.1 Å². The number of nitrogens with one attached hydrogen (secondary N) is 1. The second-order valence-corrected chi connectivity index (χ2v) is 6.18. The van der Waals surface area contributed by atoms with Gasteiger partial charge in [-0.05, 0) is 45.2 Å². The summed E-state index contributed by atoms with van der Waals surface area (Å²) in [6.45, 7) is 6.11. The number of rotatable bonds is 1. The van der Waals surface area contributed by atoms with E-state index in [0.29, 0.717) is 5.56 Å². The molecule has 1 heterocycles. The third-order valence-corrected chi connectivity index (χ3v) is 3.99. The highest BCUT2D eigenvalue weighted by molar-refractivity contribution is 7.85. The molecule has 0 aromatic heterocycles. The Morgan fingerprint density at radius 1 is 1.17 bits per heavy atom. The van der Waals surface area contributed by atoms with Crippen LogP contribution in [0.2, 0.25) is 0 Å². The molecule has 102 valence electrons. The van der Waals surface area contributed by atoms with Crippen molar-refractivity contribution in [2.75, 3.05) is 0 Å². The van der Waals surface area contributed by atoms with Crippen molar-refractivity contribution in [2.24, 2.45) is 0 Å². The second kappa shape index (κ2) is 6.31. The maximum absolute atomic E-state index is 10.6. The molecule has 1 aromatic rings. The monoisotopic (exact) mass is 271 g/mol. The van der Waals surface area contributed by atoms with Gasteiger partial charge >= 0.3 is 0 Å². The third kappa shape index (κ3) is 4.76. The molecule has 0 amide bonds. The zero-order valence-electron chi connectivity index (χ0n) is 11.1. The highest BCUT2D eigenvalue weighted by atomic mass is 32.2. The summed E-state index contributed by atoms with van der Waals surface area (Å²) in [7, 11) is -4.03. The van der Waals surface area contributed by atoms with Gasteiger partial charge in [0.2, 0.25) is 0 Å². The molecule has 2 N–H and O–H groups in total. The summed E-state index contributed by atoms with van der Waals surface area (Å²) in [6.07, 6.45) is 2.72. The molecule has 18 heavy (non-hydrogen) atoms. The highest BCUT2D eigenvalue weighted by Gasteiger charge is 2.14. The number of benzene rings is 1. The molecule has 0 radical (unpaired) electrons. The Kier molecular flexibility index (Phi) is 5.31. The van der Waals surface area contributed by atoms with Crippen LogP contribution in [0, 0.1) is 6.92 Å². The van der Waals surface area contributed by atoms with Crippen LogP contribution in [0.3, 0.4) is 0 Å². The van der Waals surface area contributed by atoms with Crippen molar-refractivity contribution >= 4 is 10.1 Å². The number of hydrogen-bond acceptors (Lipinski definition) is 3. The van der Waals surface area contributed by atoms with E-state index in [9.17, 15) is 8.42 Å². The molecular formula is C13H21NO3S. The first-order valence-electron chi connectivity index (χ1n) is 6.10. The average molecular weight is 271 g/mol. The van der Waals surface area contributed by atoms with Crippen LogP contribution in [-0.4, -0.2) is 25.1 Å². The van der Waals surface area contributed by atoms with E-state index in [-0.39, 0.29) is 4.90 Å². The molecule has 1 aliphatic rings. The van der Waals surface area contributed by atoms with Crippen molar-refractivity contribution in [3.05, 3.63) is 29.8 Å². The van der Waals surface area contributed by atoms with E-state index in [4.69, 9.17) is 4.55 Å². The predicted molar refractivity (Wildman–Crippen MR) is 72.3 cm³/mol. The third-order valence-electron chi connectivity index (χ3n) is 2.97. The predicted octanol–water partition coefficient (Wildman–Crippen LogP) is 2.39. The lowest BCUT2D eigenvalue weighted by atomic mass is 10.2. The van der Waals surface area contributed by atoms with Crippen LogP contribution < -0.4 is 5.32 Å². The van der Waals surface area contributed by atoms with Gasteiger partial charge in [-0.15, -0.1) is 0 Å². The Balaban J connectivity index is 0.000000199. The smallest absolute Gasteiger partial charge is 0.294 e. The van der Waals surface area contributed by atoms with E-state index in [0.717, 1.165) is 12.1 Å². The first-order valence-corrected chi connectivity index (χ1v) is 7.54. The van der Waals surface area contributed by atoms with Gasteiger partial charge in [0.1, 0.15) is 0 Å². The van der Waals surface area contributed by atoms with E-state index in [2.05, 4.69) is 19.2 Å². The highest BCUT2D eigenvalue weighted by Crippen LogP contribution is 2.12. The minimum atomic E-state index is -4.03. The van der Waals surface area contributed by atoms with Crippen molar-refractivity contribution in [1.82, 2.24) is 5.32 Å². The lowest BCUT2D eigenvalue weighted by molar-refractivity contribution is 0.482. The van der Waals surface area contributed by atoms with Gasteiger partial charge in [-0.25, -0.2) is 0 Å². The van der Waals surface area contributed by atoms with Gasteiger partial charge in [0.25, 0.3) is 10.1 Å². The van der Waals surface area contributed by atoms with Crippen LogP contribution in [0.5, 0.6) is 0 Å². The van der Waals surface area contributed by atoms with Crippen molar-refractivity contribution in [3.8, 4) is 0 Å². The van der Waals surface area contributed by atoms with Gasteiger partial charge in [0, 0.05) is 12.1 Å². The number of hydrogen-bond donors (Lipinski definition) is 2. The molecule has 2 atom stereocenters. The molecule has 1 aliphatic heterocycles. The van der Waals surface area contributed by atoms with E-state index in [1.165, 1.54) is 18.9 Å².